The van der Waals surface area contributed by atoms with Gasteiger partial charge in [-0.05, 0) is 18.1 Å². The van der Waals surface area contributed by atoms with Gasteiger partial charge in [0.15, 0.2) is 0 Å². The minimum absolute atomic E-state index is 0.332. The Morgan fingerprint density at radius 3 is 2.47 bits per heavy atom. The van der Waals surface area contributed by atoms with Crippen LogP contribution >= 0.6 is 0 Å². The Morgan fingerprint density at radius 2 is 1.89 bits per heavy atom. The first kappa shape index (κ1) is 14.7. The molecule has 98 valence electrons. The Balaban J connectivity index is 3.05. The summed E-state index contributed by atoms with van der Waals surface area (Å²) in [6.07, 6.45) is 9.13. The number of methoxy groups -OCH3 is 1. The molecule has 1 rings (SSSR count). The van der Waals surface area contributed by atoms with E-state index >= 15 is 0 Å². The number of ether oxygens (including phenoxy) is 1. The maximum atomic E-state index is 11.6. The summed E-state index contributed by atoms with van der Waals surface area (Å²) < 4.78 is 4.73. The molecule has 0 radical (unpaired) electrons. The molecule has 0 N–H and O–H groups in total. The van der Waals surface area contributed by atoms with Crippen molar-refractivity contribution in [1.29, 1.82) is 0 Å². The smallest absolute Gasteiger partial charge is 0.334 e. The van der Waals surface area contributed by atoms with Crippen LogP contribution in [0.3, 0.4) is 0 Å². The van der Waals surface area contributed by atoms with E-state index in [0.29, 0.717) is 5.57 Å². The summed E-state index contributed by atoms with van der Waals surface area (Å²) in [5.74, 6) is -0.332. The lowest BCUT2D eigenvalue weighted by molar-refractivity contribution is -0.136. The lowest BCUT2D eigenvalue weighted by Crippen LogP contribution is -2.03. The second-order valence-corrected chi connectivity index (χ2v) is 3.91. The largest absolute Gasteiger partial charge is 0.466 e. The predicted octanol–water partition coefficient (Wildman–Crippen LogP) is 3.93. The summed E-state index contributed by atoms with van der Waals surface area (Å²) in [6, 6.07) is 9.90. The SMILES string of the molecule is C=CC=CC(C=Cc1ccccc1)=C(C)C(=O)OC. The predicted molar refractivity (Wildman–Crippen MR) is 79.5 cm³/mol. The average Bonchev–Trinajstić information content (AvgIpc) is 2.47. The molecule has 1 aromatic rings. The molecule has 0 spiro atoms. The van der Waals surface area contributed by atoms with Crippen LogP contribution in [0.2, 0.25) is 0 Å². The van der Waals surface area contributed by atoms with Crippen LogP contribution in [0, 0.1) is 0 Å². The van der Waals surface area contributed by atoms with Crippen molar-refractivity contribution in [1.82, 2.24) is 0 Å². The van der Waals surface area contributed by atoms with E-state index in [4.69, 9.17) is 4.74 Å². The van der Waals surface area contributed by atoms with Crippen molar-refractivity contribution in [3.63, 3.8) is 0 Å². The van der Waals surface area contributed by atoms with E-state index in [-0.39, 0.29) is 5.97 Å². The normalized spacial score (nSPS) is 12.5. The molecule has 0 heterocycles. The maximum Gasteiger partial charge on any atom is 0.334 e. The van der Waals surface area contributed by atoms with Gasteiger partial charge in [0.25, 0.3) is 0 Å². The Bertz CT molecular complexity index is 519. The number of carbonyl (C=O) groups is 1. The second kappa shape index (κ2) is 7.88. The monoisotopic (exact) mass is 254 g/mol. The van der Waals surface area contributed by atoms with Gasteiger partial charge >= 0.3 is 5.97 Å². The van der Waals surface area contributed by atoms with Crippen molar-refractivity contribution >= 4 is 12.0 Å². The molecule has 0 aromatic heterocycles. The highest BCUT2D eigenvalue weighted by Gasteiger charge is 2.06. The fourth-order valence-corrected chi connectivity index (χ4v) is 1.50. The minimum Gasteiger partial charge on any atom is -0.466 e. The standard InChI is InChI=1S/C17H18O2/c1-4-5-11-16(14(2)17(18)19-3)13-12-15-9-7-6-8-10-15/h4-13H,1H2,2-3H3. The highest BCUT2D eigenvalue weighted by atomic mass is 16.5. The summed E-state index contributed by atoms with van der Waals surface area (Å²) in [4.78, 5) is 11.6. The van der Waals surface area contributed by atoms with E-state index in [1.807, 2.05) is 48.6 Å². The highest BCUT2D eigenvalue weighted by Crippen LogP contribution is 2.12. The molecule has 0 saturated carbocycles. The van der Waals surface area contributed by atoms with Gasteiger partial charge in [-0.15, -0.1) is 0 Å². The van der Waals surface area contributed by atoms with Gasteiger partial charge in [-0.3, -0.25) is 0 Å². The number of allylic oxidation sites excluding steroid dienone is 5. The minimum atomic E-state index is -0.332. The lowest BCUT2D eigenvalue weighted by atomic mass is 10.1. The molecule has 0 atom stereocenters. The molecule has 0 bridgehead atoms. The zero-order valence-corrected chi connectivity index (χ0v) is 11.3. The number of rotatable bonds is 5. The van der Waals surface area contributed by atoms with Crippen LogP contribution in [0.5, 0.6) is 0 Å². The van der Waals surface area contributed by atoms with Crippen molar-refractivity contribution in [2.24, 2.45) is 0 Å². The third-order valence-electron chi connectivity index (χ3n) is 2.59. The molecule has 1 aromatic carbocycles. The first-order valence-electron chi connectivity index (χ1n) is 6.00. The number of carbonyl (C=O) groups excluding carboxylic acids is 1. The lowest BCUT2D eigenvalue weighted by Gasteiger charge is -2.02. The van der Waals surface area contributed by atoms with Crippen LogP contribution in [0.4, 0.5) is 0 Å². The zero-order chi connectivity index (χ0) is 14.1. The van der Waals surface area contributed by atoms with Gasteiger partial charge in [-0.1, -0.05) is 67.3 Å². The van der Waals surface area contributed by atoms with E-state index in [0.717, 1.165) is 11.1 Å². The van der Waals surface area contributed by atoms with Gasteiger partial charge < -0.3 is 4.74 Å². The Labute approximate surface area is 114 Å². The van der Waals surface area contributed by atoms with Crippen LogP contribution in [-0.2, 0) is 9.53 Å². The first-order chi connectivity index (χ1) is 9.19. The van der Waals surface area contributed by atoms with Gasteiger partial charge in [0.1, 0.15) is 0 Å². The third-order valence-corrected chi connectivity index (χ3v) is 2.59. The van der Waals surface area contributed by atoms with E-state index in [9.17, 15) is 4.79 Å². The van der Waals surface area contributed by atoms with Crippen molar-refractivity contribution < 1.29 is 9.53 Å². The van der Waals surface area contributed by atoms with Gasteiger partial charge in [0.2, 0.25) is 0 Å². The van der Waals surface area contributed by atoms with Crippen LogP contribution in [0.15, 0.2) is 72.4 Å². The molecule has 0 unspecified atom stereocenters. The first-order valence-corrected chi connectivity index (χ1v) is 6.00. The summed E-state index contributed by atoms with van der Waals surface area (Å²) in [5.41, 5.74) is 2.44. The van der Waals surface area contributed by atoms with Crippen molar-refractivity contribution in [2.45, 2.75) is 6.92 Å². The molecular formula is C17H18O2. The number of hydrogen-bond donors (Lipinski definition) is 0. The van der Waals surface area contributed by atoms with Crippen LogP contribution < -0.4 is 0 Å². The van der Waals surface area contributed by atoms with Gasteiger partial charge in [-0.2, -0.15) is 0 Å². The van der Waals surface area contributed by atoms with E-state index < -0.39 is 0 Å². The second-order valence-electron chi connectivity index (χ2n) is 3.91. The fourth-order valence-electron chi connectivity index (χ4n) is 1.50. The topological polar surface area (TPSA) is 26.3 Å². The molecule has 2 nitrogen and oxygen atoms in total. The molecule has 0 saturated heterocycles. The van der Waals surface area contributed by atoms with Gasteiger partial charge in [0.05, 0.1) is 7.11 Å². The molecule has 0 amide bonds. The van der Waals surface area contributed by atoms with E-state index in [1.54, 1.807) is 19.1 Å². The van der Waals surface area contributed by atoms with E-state index in [1.165, 1.54) is 7.11 Å². The molecule has 0 aliphatic carbocycles. The summed E-state index contributed by atoms with van der Waals surface area (Å²) in [7, 11) is 1.38. The maximum absolute atomic E-state index is 11.6. The quantitative estimate of drug-likeness (QED) is 0.452. The molecular weight excluding hydrogens is 236 g/mol. The van der Waals surface area contributed by atoms with Gasteiger partial charge in [-0.25, -0.2) is 4.79 Å². The molecule has 2 heteroatoms. The van der Waals surface area contributed by atoms with Crippen molar-refractivity contribution in [3.05, 3.63) is 77.9 Å². The number of esters is 1. The Hall–Kier alpha value is -2.35. The Morgan fingerprint density at radius 1 is 1.21 bits per heavy atom. The van der Waals surface area contributed by atoms with Crippen molar-refractivity contribution in [2.75, 3.05) is 7.11 Å². The van der Waals surface area contributed by atoms with E-state index in [2.05, 4.69) is 6.58 Å². The number of benzene rings is 1. The Kier molecular flexibility index (Phi) is 6.10. The molecule has 0 aliphatic rings. The number of hydrogen-bond acceptors (Lipinski definition) is 2. The summed E-state index contributed by atoms with van der Waals surface area (Å²) in [6.45, 7) is 5.37. The third kappa shape index (κ3) is 4.80. The summed E-state index contributed by atoms with van der Waals surface area (Å²) >= 11 is 0. The van der Waals surface area contributed by atoms with Gasteiger partial charge in [0, 0.05) is 5.57 Å². The molecule has 0 aliphatic heterocycles. The van der Waals surface area contributed by atoms with Crippen LogP contribution in [0.25, 0.3) is 6.08 Å². The molecule has 0 fully saturated rings. The highest BCUT2D eigenvalue weighted by molar-refractivity contribution is 5.90. The fraction of sp³-hybridized carbons (Fsp3) is 0.118. The zero-order valence-electron chi connectivity index (χ0n) is 11.3. The molecule has 19 heavy (non-hydrogen) atoms. The van der Waals surface area contributed by atoms with Crippen LogP contribution in [0.1, 0.15) is 12.5 Å². The van der Waals surface area contributed by atoms with Crippen molar-refractivity contribution in [3.8, 4) is 0 Å². The summed E-state index contributed by atoms with van der Waals surface area (Å²) in [5, 5.41) is 0. The average molecular weight is 254 g/mol. The van der Waals surface area contributed by atoms with Crippen LogP contribution in [-0.4, -0.2) is 13.1 Å².